The number of aromatic nitrogens is 2. The Kier molecular flexibility index (Phi) is 4.66. The first-order chi connectivity index (χ1) is 11.1. The van der Waals surface area contributed by atoms with Crippen LogP contribution in [0.4, 0.5) is 0 Å². The van der Waals surface area contributed by atoms with Crippen LogP contribution in [0.2, 0.25) is 0 Å². The number of amides is 2. The molecule has 1 aliphatic carbocycles. The highest BCUT2D eigenvalue weighted by atomic mass is 16.5. The summed E-state index contributed by atoms with van der Waals surface area (Å²) in [6.07, 6.45) is 5.60. The van der Waals surface area contributed by atoms with Crippen LogP contribution in [-0.2, 0) is 27.3 Å². The Morgan fingerprint density at radius 1 is 1.39 bits per heavy atom. The fourth-order valence-electron chi connectivity index (χ4n) is 3.18. The van der Waals surface area contributed by atoms with Gasteiger partial charge in [0.2, 0.25) is 11.8 Å². The predicted molar refractivity (Wildman–Crippen MR) is 83.7 cm³/mol. The lowest BCUT2D eigenvalue weighted by molar-refractivity contribution is -0.138. The highest BCUT2D eigenvalue weighted by molar-refractivity contribution is 5.79. The molecule has 0 saturated heterocycles. The fraction of sp³-hybridized carbons (Fsp3) is 0.688. The summed E-state index contributed by atoms with van der Waals surface area (Å²) in [5.41, 5.74) is 0.768. The highest BCUT2D eigenvalue weighted by Crippen LogP contribution is 2.25. The van der Waals surface area contributed by atoms with Crippen molar-refractivity contribution in [1.82, 2.24) is 19.8 Å². The average Bonchev–Trinajstić information content (AvgIpc) is 2.87. The van der Waals surface area contributed by atoms with E-state index in [0.717, 1.165) is 24.4 Å². The van der Waals surface area contributed by atoms with E-state index in [9.17, 15) is 9.59 Å². The summed E-state index contributed by atoms with van der Waals surface area (Å²) < 4.78 is 6.98. The number of nitrogens with zero attached hydrogens (tertiary/aromatic N) is 3. The van der Waals surface area contributed by atoms with Gasteiger partial charge in [0.25, 0.3) is 0 Å². The Morgan fingerprint density at radius 2 is 2.17 bits per heavy atom. The molecule has 7 heteroatoms. The lowest BCUT2D eigenvalue weighted by Crippen LogP contribution is -2.42. The zero-order chi connectivity index (χ0) is 16.4. The molecule has 126 valence electrons. The number of hydrogen-bond acceptors (Lipinski definition) is 4. The molecule has 2 heterocycles. The van der Waals surface area contributed by atoms with E-state index < -0.39 is 0 Å². The third-order valence-electron chi connectivity index (χ3n) is 4.68. The summed E-state index contributed by atoms with van der Waals surface area (Å²) in [5.74, 6) is 0.843. The number of hydrogen-bond donors (Lipinski definition) is 1. The number of nitrogens with one attached hydrogen (secondary N) is 1. The van der Waals surface area contributed by atoms with E-state index >= 15 is 0 Å². The maximum atomic E-state index is 12.1. The zero-order valence-electron chi connectivity index (χ0n) is 13.7. The van der Waals surface area contributed by atoms with Crippen molar-refractivity contribution in [3.63, 3.8) is 0 Å². The highest BCUT2D eigenvalue weighted by Gasteiger charge is 2.30. The fourth-order valence-corrected chi connectivity index (χ4v) is 3.18. The van der Waals surface area contributed by atoms with Crippen molar-refractivity contribution in [3.05, 3.63) is 17.7 Å². The Hall–Kier alpha value is -1.89. The molecule has 1 N–H and O–H groups in total. The number of rotatable bonds is 5. The Labute approximate surface area is 136 Å². The van der Waals surface area contributed by atoms with Gasteiger partial charge in [-0.3, -0.25) is 9.59 Å². The second-order valence-corrected chi connectivity index (χ2v) is 6.35. The van der Waals surface area contributed by atoms with Gasteiger partial charge in [-0.25, -0.2) is 4.98 Å². The van der Waals surface area contributed by atoms with Gasteiger partial charge < -0.3 is 19.5 Å². The summed E-state index contributed by atoms with van der Waals surface area (Å²) in [6, 6.07) is 0.246. The molecule has 0 aromatic carbocycles. The van der Waals surface area contributed by atoms with Gasteiger partial charge in [-0.05, 0) is 26.2 Å². The lowest BCUT2D eigenvalue weighted by atomic mass is 9.93. The van der Waals surface area contributed by atoms with Crippen LogP contribution in [-0.4, -0.2) is 52.6 Å². The maximum absolute atomic E-state index is 12.1. The van der Waals surface area contributed by atoms with Gasteiger partial charge in [-0.1, -0.05) is 0 Å². The first-order valence-corrected chi connectivity index (χ1v) is 8.22. The molecule has 2 amide bonds. The number of imidazole rings is 1. The number of carbonyl (C=O) groups excluding carboxylic acids is 2. The molecule has 1 saturated carbocycles. The molecule has 0 radical (unpaired) electrons. The first-order valence-electron chi connectivity index (χ1n) is 8.22. The van der Waals surface area contributed by atoms with E-state index in [-0.39, 0.29) is 24.5 Å². The van der Waals surface area contributed by atoms with Crippen LogP contribution in [0, 0.1) is 0 Å². The van der Waals surface area contributed by atoms with E-state index in [0.29, 0.717) is 25.6 Å². The molecular weight excluding hydrogens is 296 g/mol. The molecule has 2 aliphatic rings. The number of ether oxygens (including phenoxy) is 1. The second-order valence-electron chi connectivity index (χ2n) is 6.35. The summed E-state index contributed by atoms with van der Waals surface area (Å²) in [5, 5.41) is 3.03. The Morgan fingerprint density at radius 3 is 2.83 bits per heavy atom. The molecule has 1 fully saturated rings. The summed E-state index contributed by atoms with van der Waals surface area (Å²) >= 11 is 0. The minimum atomic E-state index is -0.102. The summed E-state index contributed by atoms with van der Waals surface area (Å²) in [6.45, 7) is 3.39. The van der Waals surface area contributed by atoms with E-state index in [2.05, 4.69) is 10.3 Å². The van der Waals surface area contributed by atoms with E-state index in [1.54, 1.807) is 4.90 Å². The summed E-state index contributed by atoms with van der Waals surface area (Å²) in [7, 11) is 1.52. The summed E-state index contributed by atoms with van der Waals surface area (Å²) in [4.78, 5) is 30.5. The van der Waals surface area contributed by atoms with Crippen molar-refractivity contribution in [1.29, 1.82) is 0 Å². The van der Waals surface area contributed by atoms with E-state index in [1.165, 1.54) is 13.5 Å². The number of methoxy groups -OCH3 is 1. The van der Waals surface area contributed by atoms with Crippen LogP contribution in [0.5, 0.6) is 0 Å². The predicted octanol–water partition coefficient (Wildman–Crippen LogP) is 0.644. The SMILES string of the molecule is COCC(=O)N1CCn2cc(CC(=O)NC3CCC3)nc2[C@@H]1C. The molecule has 1 aliphatic heterocycles. The lowest BCUT2D eigenvalue weighted by Gasteiger charge is -2.33. The van der Waals surface area contributed by atoms with Gasteiger partial charge in [-0.15, -0.1) is 0 Å². The minimum absolute atomic E-state index is 0.0291. The molecule has 1 aromatic heterocycles. The van der Waals surface area contributed by atoms with Crippen LogP contribution in [0.15, 0.2) is 6.20 Å². The molecule has 23 heavy (non-hydrogen) atoms. The first kappa shape index (κ1) is 16.0. The Bertz CT molecular complexity index is 594. The third-order valence-corrected chi connectivity index (χ3v) is 4.68. The molecule has 7 nitrogen and oxygen atoms in total. The van der Waals surface area contributed by atoms with Gasteiger partial charge in [0.05, 0.1) is 18.2 Å². The Balaban J connectivity index is 1.65. The van der Waals surface area contributed by atoms with Crippen molar-refractivity contribution < 1.29 is 14.3 Å². The van der Waals surface area contributed by atoms with Crippen molar-refractivity contribution in [2.75, 3.05) is 20.3 Å². The number of carbonyl (C=O) groups is 2. The standard InChI is InChI=1S/C16H24N4O3/c1-11-16-18-13(8-14(21)17-12-4-3-5-12)9-19(16)6-7-20(11)15(22)10-23-2/h9,11-12H,3-8,10H2,1-2H3,(H,17,21)/t11-/m0/s1. The normalized spacial score (nSPS) is 20.8. The zero-order valence-corrected chi connectivity index (χ0v) is 13.7. The second kappa shape index (κ2) is 6.70. The van der Waals surface area contributed by atoms with Crippen molar-refractivity contribution in [2.45, 2.75) is 51.2 Å². The topological polar surface area (TPSA) is 76.5 Å². The average molecular weight is 320 g/mol. The van der Waals surface area contributed by atoms with E-state index in [1.807, 2.05) is 17.7 Å². The van der Waals surface area contributed by atoms with Crippen LogP contribution in [0.1, 0.15) is 43.7 Å². The smallest absolute Gasteiger partial charge is 0.249 e. The maximum Gasteiger partial charge on any atom is 0.249 e. The van der Waals surface area contributed by atoms with Gasteiger partial charge in [-0.2, -0.15) is 0 Å². The molecule has 0 spiro atoms. The van der Waals surface area contributed by atoms with Crippen molar-refractivity contribution in [2.24, 2.45) is 0 Å². The van der Waals surface area contributed by atoms with Gasteiger partial charge >= 0.3 is 0 Å². The van der Waals surface area contributed by atoms with E-state index in [4.69, 9.17) is 4.74 Å². The molecular formula is C16H24N4O3. The molecule has 0 unspecified atom stereocenters. The van der Waals surface area contributed by atoms with Crippen molar-refractivity contribution in [3.8, 4) is 0 Å². The van der Waals surface area contributed by atoms with Crippen molar-refractivity contribution >= 4 is 11.8 Å². The third kappa shape index (κ3) is 3.39. The van der Waals surface area contributed by atoms with Crippen LogP contribution in [0.25, 0.3) is 0 Å². The minimum Gasteiger partial charge on any atom is -0.375 e. The van der Waals surface area contributed by atoms with Gasteiger partial charge in [0.1, 0.15) is 12.4 Å². The number of fused-ring (bicyclic) bond motifs is 1. The largest absolute Gasteiger partial charge is 0.375 e. The van der Waals surface area contributed by atoms with Gasteiger partial charge in [0.15, 0.2) is 0 Å². The van der Waals surface area contributed by atoms with Crippen LogP contribution < -0.4 is 5.32 Å². The molecule has 3 rings (SSSR count). The molecule has 0 bridgehead atoms. The van der Waals surface area contributed by atoms with Crippen LogP contribution >= 0.6 is 0 Å². The quantitative estimate of drug-likeness (QED) is 0.864. The monoisotopic (exact) mass is 320 g/mol. The molecule has 1 atom stereocenters. The van der Waals surface area contributed by atoms with Crippen LogP contribution in [0.3, 0.4) is 0 Å². The van der Waals surface area contributed by atoms with Gasteiger partial charge in [0, 0.05) is 32.4 Å². The molecule has 1 aromatic rings.